The molecule has 14 heavy (non-hydrogen) atoms. The molecule has 76 valence electrons. The van der Waals surface area contributed by atoms with E-state index in [0.29, 0.717) is 0 Å². The Morgan fingerprint density at radius 1 is 1.36 bits per heavy atom. The van der Waals surface area contributed by atoms with Crippen LogP contribution in [0.2, 0.25) is 0 Å². The topological polar surface area (TPSA) is 93.8 Å². The first-order valence-electron chi connectivity index (χ1n) is 4.25. The third-order valence-corrected chi connectivity index (χ3v) is 1.74. The van der Waals surface area contributed by atoms with Crippen LogP contribution >= 0.6 is 0 Å². The summed E-state index contributed by atoms with van der Waals surface area (Å²) in [6.45, 7) is 5.18. The van der Waals surface area contributed by atoms with Crippen molar-refractivity contribution in [3.05, 3.63) is 11.4 Å². The lowest BCUT2D eigenvalue weighted by atomic mass is 10.3. The molecule has 0 bridgehead atoms. The summed E-state index contributed by atoms with van der Waals surface area (Å²) in [6, 6.07) is -0.583. The van der Waals surface area contributed by atoms with Gasteiger partial charge in [0.15, 0.2) is 0 Å². The van der Waals surface area contributed by atoms with Crippen molar-refractivity contribution in [3.63, 3.8) is 0 Å². The third-order valence-electron chi connectivity index (χ3n) is 1.74. The van der Waals surface area contributed by atoms with E-state index in [-0.39, 0.29) is 11.9 Å². The second-order valence-corrected chi connectivity index (χ2v) is 3.08. The van der Waals surface area contributed by atoms with E-state index in [2.05, 4.69) is 20.5 Å². The van der Waals surface area contributed by atoms with Gasteiger partial charge in [0.05, 0.1) is 17.4 Å². The maximum Gasteiger partial charge on any atom is 0.249 e. The van der Waals surface area contributed by atoms with Gasteiger partial charge in [0, 0.05) is 0 Å². The van der Waals surface area contributed by atoms with Crippen LogP contribution in [0.4, 0.5) is 5.95 Å². The number of rotatable bonds is 2. The number of nitrogens with two attached hydrogens (primary N) is 1. The Kier molecular flexibility index (Phi) is 3.08. The van der Waals surface area contributed by atoms with Gasteiger partial charge in [-0.05, 0) is 20.8 Å². The average molecular weight is 195 g/mol. The van der Waals surface area contributed by atoms with Crippen LogP contribution < -0.4 is 11.1 Å². The maximum absolute atomic E-state index is 11.2. The number of hydrogen-bond acceptors (Lipinski definition) is 5. The lowest BCUT2D eigenvalue weighted by Crippen LogP contribution is -2.33. The fraction of sp³-hybridized carbons (Fsp3) is 0.500. The molecular formula is C8H13N5O. The van der Waals surface area contributed by atoms with Crippen LogP contribution in [-0.4, -0.2) is 27.1 Å². The minimum absolute atomic E-state index is 0.190. The number of aryl methyl sites for hydroxylation is 2. The van der Waals surface area contributed by atoms with E-state index >= 15 is 0 Å². The van der Waals surface area contributed by atoms with Gasteiger partial charge in [0.2, 0.25) is 11.9 Å². The predicted octanol–water partition coefficient (Wildman–Crippen LogP) is -0.226. The van der Waals surface area contributed by atoms with Crippen molar-refractivity contribution < 1.29 is 4.79 Å². The largest absolute Gasteiger partial charge is 0.320 e. The molecule has 0 spiro atoms. The molecular weight excluding hydrogens is 182 g/mol. The van der Waals surface area contributed by atoms with Gasteiger partial charge in [-0.25, -0.2) is 4.98 Å². The summed E-state index contributed by atoms with van der Waals surface area (Å²) in [5.74, 6) is -0.134. The minimum atomic E-state index is -0.583. The molecule has 3 N–H and O–H groups in total. The Labute approximate surface area is 81.9 Å². The molecule has 0 aliphatic carbocycles. The zero-order valence-electron chi connectivity index (χ0n) is 8.40. The number of nitrogens with one attached hydrogen (secondary N) is 1. The van der Waals surface area contributed by atoms with Gasteiger partial charge < -0.3 is 5.73 Å². The number of hydrogen-bond donors (Lipinski definition) is 2. The Bertz CT molecular complexity index is 350. The van der Waals surface area contributed by atoms with Gasteiger partial charge in [-0.2, -0.15) is 5.10 Å². The van der Waals surface area contributed by atoms with E-state index in [4.69, 9.17) is 5.73 Å². The van der Waals surface area contributed by atoms with Crippen molar-refractivity contribution >= 4 is 11.9 Å². The molecule has 0 saturated heterocycles. The molecule has 1 amide bonds. The van der Waals surface area contributed by atoms with Crippen molar-refractivity contribution in [2.45, 2.75) is 26.8 Å². The molecule has 6 heteroatoms. The van der Waals surface area contributed by atoms with E-state index in [1.807, 2.05) is 0 Å². The zero-order valence-corrected chi connectivity index (χ0v) is 8.40. The average Bonchev–Trinajstić information content (AvgIpc) is 2.11. The van der Waals surface area contributed by atoms with E-state index in [0.717, 1.165) is 11.4 Å². The predicted molar refractivity (Wildman–Crippen MR) is 51.6 cm³/mol. The van der Waals surface area contributed by atoms with Crippen molar-refractivity contribution in [2.75, 3.05) is 5.32 Å². The Morgan fingerprint density at radius 3 is 2.50 bits per heavy atom. The Balaban J connectivity index is 2.78. The summed E-state index contributed by atoms with van der Waals surface area (Å²) >= 11 is 0. The van der Waals surface area contributed by atoms with Gasteiger partial charge in [-0.1, -0.05) is 0 Å². The number of carbonyl (C=O) groups is 1. The van der Waals surface area contributed by atoms with Gasteiger partial charge in [-0.3, -0.25) is 10.1 Å². The van der Waals surface area contributed by atoms with Crippen LogP contribution in [0.1, 0.15) is 18.3 Å². The fourth-order valence-electron chi connectivity index (χ4n) is 0.734. The molecule has 1 heterocycles. The smallest absolute Gasteiger partial charge is 0.249 e. The van der Waals surface area contributed by atoms with Crippen LogP contribution in [0.5, 0.6) is 0 Å². The van der Waals surface area contributed by atoms with Crippen molar-refractivity contribution in [1.29, 1.82) is 0 Å². The highest BCUT2D eigenvalue weighted by Gasteiger charge is 2.09. The molecule has 0 fully saturated rings. The van der Waals surface area contributed by atoms with Gasteiger partial charge in [0.25, 0.3) is 0 Å². The summed E-state index contributed by atoms with van der Waals surface area (Å²) in [6.07, 6.45) is 0. The second kappa shape index (κ2) is 4.10. The second-order valence-electron chi connectivity index (χ2n) is 3.08. The first-order valence-corrected chi connectivity index (χ1v) is 4.25. The van der Waals surface area contributed by atoms with Crippen molar-refractivity contribution in [1.82, 2.24) is 15.2 Å². The monoisotopic (exact) mass is 195 g/mol. The molecule has 0 saturated carbocycles. The minimum Gasteiger partial charge on any atom is -0.320 e. The maximum atomic E-state index is 11.2. The van der Waals surface area contributed by atoms with Crippen LogP contribution in [0.25, 0.3) is 0 Å². The molecule has 0 aliphatic heterocycles. The van der Waals surface area contributed by atoms with Crippen molar-refractivity contribution in [3.8, 4) is 0 Å². The number of carbonyl (C=O) groups excluding carboxylic acids is 1. The summed E-state index contributed by atoms with van der Waals surface area (Å²) in [5, 5.41) is 10.00. The standard InChI is InChI=1S/C8H13N5O/c1-4(9)7(14)11-8-10-5(2)6(3)12-13-8/h4H,9H2,1-3H3,(H,10,11,13,14)/t4-/m0/s1. The van der Waals surface area contributed by atoms with Crippen LogP contribution in [-0.2, 0) is 4.79 Å². The molecule has 0 unspecified atom stereocenters. The SMILES string of the molecule is Cc1nnc(NC(=O)[C@H](C)N)nc1C. The van der Waals surface area contributed by atoms with E-state index in [1.165, 1.54) is 0 Å². The Hall–Kier alpha value is -1.56. The van der Waals surface area contributed by atoms with E-state index in [1.54, 1.807) is 20.8 Å². The van der Waals surface area contributed by atoms with Crippen LogP contribution in [0.15, 0.2) is 0 Å². The number of amides is 1. The van der Waals surface area contributed by atoms with Crippen molar-refractivity contribution in [2.24, 2.45) is 5.73 Å². The first kappa shape index (κ1) is 10.5. The summed E-state index contributed by atoms with van der Waals surface area (Å²) in [4.78, 5) is 15.2. The summed E-state index contributed by atoms with van der Waals surface area (Å²) in [7, 11) is 0. The number of anilines is 1. The molecule has 1 aromatic rings. The first-order chi connectivity index (χ1) is 6.50. The summed E-state index contributed by atoms with van der Waals surface area (Å²) in [5.41, 5.74) is 6.84. The van der Waals surface area contributed by atoms with Crippen LogP contribution in [0, 0.1) is 13.8 Å². The zero-order chi connectivity index (χ0) is 10.7. The molecule has 1 aromatic heterocycles. The quantitative estimate of drug-likeness (QED) is 0.680. The number of aromatic nitrogens is 3. The van der Waals surface area contributed by atoms with E-state index < -0.39 is 6.04 Å². The van der Waals surface area contributed by atoms with Crippen LogP contribution in [0.3, 0.4) is 0 Å². The molecule has 0 aromatic carbocycles. The van der Waals surface area contributed by atoms with Gasteiger partial charge >= 0.3 is 0 Å². The summed E-state index contributed by atoms with van der Waals surface area (Å²) < 4.78 is 0. The fourth-order valence-corrected chi connectivity index (χ4v) is 0.734. The third kappa shape index (κ3) is 2.46. The van der Waals surface area contributed by atoms with Gasteiger partial charge in [-0.15, -0.1) is 5.10 Å². The molecule has 1 rings (SSSR count). The highest BCUT2D eigenvalue weighted by atomic mass is 16.2. The highest BCUT2D eigenvalue weighted by molar-refractivity contribution is 5.92. The number of nitrogens with zero attached hydrogens (tertiary/aromatic N) is 3. The normalized spacial score (nSPS) is 12.3. The Morgan fingerprint density at radius 2 is 2.00 bits per heavy atom. The molecule has 0 radical (unpaired) electrons. The van der Waals surface area contributed by atoms with E-state index in [9.17, 15) is 4.79 Å². The lowest BCUT2D eigenvalue weighted by molar-refractivity contribution is -0.117. The molecule has 6 nitrogen and oxygen atoms in total. The molecule has 0 aliphatic rings. The van der Waals surface area contributed by atoms with Gasteiger partial charge in [0.1, 0.15) is 0 Å². The molecule has 1 atom stereocenters. The lowest BCUT2D eigenvalue weighted by Gasteiger charge is -2.06. The highest BCUT2D eigenvalue weighted by Crippen LogP contribution is 2.01.